The van der Waals surface area contributed by atoms with Crippen LogP contribution in [0.2, 0.25) is 0 Å². The van der Waals surface area contributed by atoms with Gasteiger partial charge in [-0.25, -0.2) is 9.78 Å². The van der Waals surface area contributed by atoms with Gasteiger partial charge in [0.1, 0.15) is 0 Å². The second kappa shape index (κ2) is 9.21. The second-order valence-electron chi connectivity index (χ2n) is 7.08. The molecule has 1 fully saturated rings. The lowest BCUT2D eigenvalue weighted by Crippen LogP contribution is -2.30. The van der Waals surface area contributed by atoms with Crippen molar-refractivity contribution in [1.29, 1.82) is 0 Å². The lowest BCUT2D eigenvalue weighted by molar-refractivity contribution is -0.119. The smallest absolute Gasteiger partial charge is 0.319 e. The highest BCUT2D eigenvalue weighted by molar-refractivity contribution is 5.94. The average Bonchev–Trinajstić information content (AvgIpc) is 3.36. The first-order valence-corrected chi connectivity index (χ1v) is 9.55. The van der Waals surface area contributed by atoms with Crippen molar-refractivity contribution >= 4 is 23.3 Å². The molecule has 0 saturated heterocycles. The zero-order valence-corrected chi connectivity index (χ0v) is 15.6. The first-order chi connectivity index (χ1) is 13.1. The molecule has 0 bridgehead atoms. The third kappa shape index (κ3) is 5.57. The second-order valence-corrected chi connectivity index (χ2v) is 7.08. The maximum atomic E-state index is 12.2. The molecule has 0 radical (unpaired) electrons. The van der Waals surface area contributed by atoms with Crippen LogP contribution in [0.4, 0.5) is 16.2 Å². The maximum Gasteiger partial charge on any atom is 0.319 e. The van der Waals surface area contributed by atoms with Gasteiger partial charge in [0.25, 0.3) is 0 Å². The van der Waals surface area contributed by atoms with E-state index in [4.69, 9.17) is 0 Å². The number of rotatable bonds is 7. The molecule has 0 aliphatic heterocycles. The molecule has 144 valence electrons. The zero-order valence-electron chi connectivity index (χ0n) is 15.6. The lowest BCUT2D eigenvalue weighted by Gasteiger charge is -2.14. The molecule has 3 N–H and O–H groups in total. The number of urea groups is 1. The number of nitrogens with one attached hydrogen (secondary N) is 3. The molecule has 3 rings (SSSR count). The van der Waals surface area contributed by atoms with Crippen molar-refractivity contribution in [3.8, 4) is 0 Å². The Labute approximate surface area is 159 Å². The molecule has 2 aromatic rings. The number of anilines is 2. The van der Waals surface area contributed by atoms with Crippen molar-refractivity contribution in [2.45, 2.75) is 45.1 Å². The lowest BCUT2D eigenvalue weighted by atomic mass is 10.1. The summed E-state index contributed by atoms with van der Waals surface area (Å²) in [5, 5.41) is 8.62. The monoisotopic (exact) mass is 369 g/mol. The molecular weight excluding hydrogens is 342 g/mol. The topological polar surface area (TPSA) is 88.0 Å². The fraction of sp³-hybridized carbons (Fsp3) is 0.450. The summed E-state index contributed by atoms with van der Waals surface area (Å²) in [5.41, 5.74) is 1.36. The summed E-state index contributed by atoms with van der Waals surface area (Å²) in [6.45, 7) is 2.64. The van der Waals surface area contributed by atoms with E-state index in [1.165, 1.54) is 0 Å². The summed E-state index contributed by atoms with van der Waals surface area (Å²) >= 11 is 0. The first kappa shape index (κ1) is 18.9. The Morgan fingerprint density at radius 1 is 1.22 bits per heavy atom. The van der Waals surface area contributed by atoms with E-state index in [1.54, 1.807) is 24.7 Å². The molecule has 27 heavy (non-hydrogen) atoms. The van der Waals surface area contributed by atoms with E-state index in [1.807, 2.05) is 22.9 Å². The first-order valence-electron chi connectivity index (χ1n) is 9.55. The number of carbonyl (C=O) groups excluding carboxylic acids is 2. The van der Waals surface area contributed by atoms with Gasteiger partial charge in [-0.2, -0.15) is 0 Å². The SMILES string of the molecule is C[C@@H](CCNC(=O)Nc1cccc(NC(=O)C2CCCC2)c1)n1ccnc1. The van der Waals surface area contributed by atoms with Gasteiger partial charge in [0.15, 0.2) is 0 Å². The van der Waals surface area contributed by atoms with Crippen LogP contribution in [0.25, 0.3) is 0 Å². The summed E-state index contributed by atoms with van der Waals surface area (Å²) in [7, 11) is 0. The van der Waals surface area contributed by atoms with Crippen molar-refractivity contribution in [1.82, 2.24) is 14.9 Å². The van der Waals surface area contributed by atoms with Crippen LogP contribution in [0.1, 0.15) is 45.1 Å². The largest absolute Gasteiger partial charge is 0.338 e. The maximum absolute atomic E-state index is 12.2. The summed E-state index contributed by atoms with van der Waals surface area (Å²) < 4.78 is 2.01. The predicted octanol–water partition coefficient (Wildman–Crippen LogP) is 3.78. The van der Waals surface area contributed by atoms with Crippen molar-refractivity contribution in [2.75, 3.05) is 17.2 Å². The van der Waals surface area contributed by atoms with Gasteiger partial charge >= 0.3 is 6.03 Å². The van der Waals surface area contributed by atoms with Crippen LogP contribution in [0.5, 0.6) is 0 Å². The van der Waals surface area contributed by atoms with Crippen LogP contribution in [0.3, 0.4) is 0 Å². The van der Waals surface area contributed by atoms with Crippen LogP contribution in [0, 0.1) is 5.92 Å². The molecule has 1 heterocycles. The van der Waals surface area contributed by atoms with E-state index >= 15 is 0 Å². The standard InChI is InChI=1S/C20H27N5O2/c1-15(25-12-11-21-14-25)9-10-22-20(27)24-18-8-4-7-17(13-18)23-19(26)16-5-2-3-6-16/h4,7-8,11-16H,2-3,5-6,9-10H2,1H3,(H,23,26)(H2,22,24,27)/t15-/m0/s1. The van der Waals surface area contributed by atoms with Crippen LogP contribution in [-0.4, -0.2) is 28.0 Å². The highest BCUT2D eigenvalue weighted by Crippen LogP contribution is 2.26. The Hall–Kier alpha value is -2.83. The summed E-state index contributed by atoms with van der Waals surface area (Å²) in [6.07, 6.45) is 10.4. The van der Waals surface area contributed by atoms with Gasteiger partial charge < -0.3 is 20.5 Å². The van der Waals surface area contributed by atoms with Gasteiger partial charge in [-0.05, 0) is 44.4 Å². The van der Waals surface area contributed by atoms with Crippen molar-refractivity contribution in [3.63, 3.8) is 0 Å². The number of nitrogens with zero attached hydrogens (tertiary/aromatic N) is 2. The van der Waals surface area contributed by atoms with E-state index in [0.29, 0.717) is 17.9 Å². The molecule has 1 aliphatic rings. The summed E-state index contributed by atoms with van der Waals surface area (Å²) in [4.78, 5) is 28.4. The summed E-state index contributed by atoms with van der Waals surface area (Å²) in [6, 6.07) is 7.25. The molecule has 1 atom stereocenters. The Kier molecular flexibility index (Phi) is 6.46. The minimum Gasteiger partial charge on any atom is -0.338 e. The van der Waals surface area contributed by atoms with Crippen LogP contribution >= 0.6 is 0 Å². The van der Waals surface area contributed by atoms with Gasteiger partial charge in [0.05, 0.1) is 6.33 Å². The molecule has 1 saturated carbocycles. The van der Waals surface area contributed by atoms with Crippen LogP contribution in [0.15, 0.2) is 43.0 Å². The van der Waals surface area contributed by atoms with Gasteiger partial charge in [-0.15, -0.1) is 0 Å². The van der Waals surface area contributed by atoms with Crippen molar-refractivity contribution in [3.05, 3.63) is 43.0 Å². The number of imidazole rings is 1. The van der Waals surface area contributed by atoms with Crippen LogP contribution in [-0.2, 0) is 4.79 Å². The average molecular weight is 369 g/mol. The Balaban J connectivity index is 1.44. The molecule has 3 amide bonds. The minimum atomic E-state index is -0.257. The number of amides is 3. The molecule has 7 nitrogen and oxygen atoms in total. The van der Waals surface area contributed by atoms with E-state index in [0.717, 1.165) is 32.1 Å². The van der Waals surface area contributed by atoms with E-state index in [-0.39, 0.29) is 23.9 Å². The number of carbonyl (C=O) groups is 2. The summed E-state index contributed by atoms with van der Waals surface area (Å²) in [5.74, 6) is 0.185. The zero-order chi connectivity index (χ0) is 19.1. The molecule has 1 aromatic heterocycles. The normalized spacial score (nSPS) is 15.3. The van der Waals surface area contributed by atoms with E-state index < -0.39 is 0 Å². The highest BCUT2D eigenvalue weighted by Gasteiger charge is 2.22. The minimum absolute atomic E-state index is 0.0718. The van der Waals surface area contributed by atoms with Gasteiger partial charge in [-0.1, -0.05) is 18.9 Å². The van der Waals surface area contributed by atoms with Crippen molar-refractivity contribution in [2.24, 2.45) is 5.92 Å². The number of hydrogen-bond acceptors (Lipinski definition) is 3. The van der Waals surface area contributed by atoms with E-state index in [2.05, 4.69) is 27.9 Å². The fourth-order valence-corrected chi connectivity index (χ4v) is 3.36. The number of benzene rings is 1. The Bertz CT molecular complexity index is 753. The molecule has 7 heteroatoms. The third-order valence-corrected chi connectivity index (χ3v) is 5.00. The number of hydrogen-bond donors (Lipinski definition) is 3. The quantitative estimate of drug-likeness (QED) is 0.694. The molecule has 0 spiro atoms. The molecule has 1 aliphatic carbocycles. The van der Waals surface area contributed by atoms with E-state index in [9.17, 15) is 9.59 Å². The third-order valence-electron chi connectivity index (χ3n) is 5.00. The predicted molar refractivity (Wildman–Crippen MR) is 106 cm³/mol. The van der Waals surface area contributed by atoms with Gasteiger partial charge in [0.2, 0.25) is 5.91 Å². The Morgan fingerprint density at radius 2 is 1.96 bits per heavy atom. The van der Waals surface area contributed by atoms with Crippen LogP contribution < -0.4 is 16.0 Å². The fourth-order valence-electron chi connectivity index (χ4n) is 3.36. The number of aromatic nitrogens is 2. The Morgan fingerprint density at radius 3 is 2.67 bits per heavy atom. The van der Waals surface area contributed by atoms with Gasteiger partial charge in [0, 0.05) is 42.3 Å². The van der Waals surface area contributed by atoms with Gasteiger partial charge in [-0.3, -0.25) is 4.79 Å². The highest BCUT2D eigenvalue weighted by atomic mass is 16.2. The molecule has 1 aromatic carbocycles. The molecular formula is C20H27N5O2. The molecule has 0 unspecified atom stereocenters. The van der Waals surface area contributed by atoms with Crippen molar-refractivity contribution < 1.29 is 9.59 Å².